The lowest BCUT2D eigenvalue weighted by atomic mass is 9.97. The van der Waals surface area contributed by atoms with Crippen LogP contribution in [0.3, 0.4) is 0 Å². The molecule has 0 spiro atoms. The molecule has 0 saturated carbocycles. The average molecular weight is 312 g/mol. The SMILES string of the molecule is O=Cc1c[nH]c2cccc(C(O)C(O)CCBr)c12. The quantitative estimate of drug-likeness (QED) is 0.585. The van der Waals surface area contributed by atoms with Crippen molar-refractivity contribution in [1.82, 2.24) is 4.98 Å². The monoisotopic (exact) mass is 311 g/mol. The molecule has 2 rings (SSSR count). The van der Waals surface area contributed by atoms with Gasteiger partial charge in [-0.1, -0.05) is 28.1 Å². The molecule has 4 nitrogen and oxygen atoms in total. The van der Waals surface area contributed by atoms with Crippen LogP contribution in [-0.2, 0) is 0 Å². The summed E-state index contributed by atoms with van der Waals surface area (Å²) in [4.78, 5) is 14.0. The second-order valence-corrected chi connectivity index (χ2v) is 4.91. The van der Waals surface area contributed by atoms with Crippen LogP contribution < -0.4 is 0 Å². The number of alkyl halides is 1. The lowest BCUT2D eigenvalue weighted by Crippen LogP contribution is -2.18. The van der Waals surface area contributed by atoms with E-state index in [4.69, 9.17) is 0 Å². The van der Waals surface area contributed by atoms with Crippen LogP contribution in [0.1, 0.15) is 28.4 Å². The van der Waals surface area contributed by atoms with Gasteiger partial charge in [-0.05, 0) is 18.1 Å². The third-order valence-corrected chi connectivity index (χ3v) is 3.44. The fourth-order valence-electron chi connectivity index (χ4n) is 2.06. The molecule has 0 aliphatic carbocycles. The summed E-state index contributed by atoms with van der Waals surface area (Å²) in [7, 11) is 0. The summed E-state index contributed by atoms with van der Waals surface area (Å²) in [5, 5.41) is 21.3. The first-order valence-electron chi connectivity index (χ1n) is 5.66. The van der Waals surface area contributed by atoms with Crippen molar-refractivity contribution in [3.05, 3.63) is 35.5 Å². The molecule has 0 aliphatic rings. The van der Waals surface area contributed by atoms with Gasteiger partial charge in [-0.3, -0.25) is 4.79 Å². The number of aliphatic hydroxyl groups is 2. The molecule has 2 unspecified atom stereocenters. The van der Waals surface area contributed by atoms with Gasteiger partial charge in [0.05, 0.1) is 6.10 Å². The third-order valence-electron chi connectivity index (χ3n) is 2.98. The van der Waals surface area contributed by atoms with Crippen LogP contribution in [0.4, 0.5) is 0 Å². The molecule has 1 aromatic heterocycles. The van der Waals surface area contributed by atoms with Gasteiger partial charge in [0, 0.05) is 28.0 Å². The number of H-pyrrole nitrogens is 1. The van der Waals surface area contributed by atoms with Crippen molar-refractivity contribution in [2.24, 2.45) is 0 Å². The second kappa shape index (κ2) is 5.65. The number of carbonyl (C=O) groups is 1. The maximum absolute atomic E-state index is 11.0. The first-order valence-corrected chi connectivity index (χ1v) is 6.78. The lowest BCUT2D eigenvalue weighted by molar-refractivity contribution is 0.0182. The van der Waals surface area contributed by atoms with Gasteiger partial charge >= 0.3 is 0 Å². The Balaban J connectivity index is 2.49. The molecule has 2 atom stereocenters. The van der Waals surface area contributed by atoms with Crippen LogP contribution in [-0.4, -0.2) is 32.9 Å². The normalized spacial score (nSPS) is 14.6. The largest absolute Gasteiger partial charge is 0.390 e. The zero-order valence-electron chi connectivity index (χ0n) is 9.64. The Kier molecular flexibility index (Phi) is 4.16. The zero-order chi connectivity index (χ0) is 13.1. The summed E-state index contributed by atoms with van der Waals surface area (Å²) in [6.07, 6.45) is 0.930. The van der Waals surface area contributed by atoms with Crippen LogP contribution in [0.5, 0.6) is 0 Å². The summed E-state index contributed by atoms with van der Waals surface area (Å²) < 4.78 is 0. The van der Waals surface area contributed by atoms with E-state index in [-0.39, 0.29) is 0 Å². The number of aromatic nitrogens is 1. The predicted octanol–water partition coefficient (Wildman–Crippen LogP) is 2.16. The maximum atomic E-state index is 11.0. The van der Waals surface area contributed by atoms with E-state index in [1.807, 2.05) is 6.07 Å². The van der Waals surface area contributed by atoms with E-state index >= 15 is 0 Å². The van der Waals surface area contributed by atoms with Crippen molar-refractivity contribution in [3.8, 4) is 0 Å². The summed E-state index contributed by atoms with van der Waals surface area (Å²) in [5.74, 6) is 0. The Hall–Kier alpha value is -1.17. The molecule has 96 valence electrons. The Morgan fingerprint density at radius 1 is 1.39 bits per heavy atom. The smallest absolute Gasteiger partial charge is 0.152 e. The first-order chi connectivity index (χ1) is 8.69. The Labute approximate surface area is 113 Å². The number of hydrogen-bond acceptors (Lipinski definition) is 3. The van der Waals surface area contributed by atoms with E-state index < -0.39 is 12.2 Å². The highest BCUT2D eigenvalue weighted by Crippen LogP contribution is 2.29. The van der Waals surface area contributed by atoms with Crippen LogP contribution in [0, 0.1) is 0 Å². The van der Waals surface area contributed by atoms with Crippen molar-refractivity contribution in [3.63, 3.8) is 0 Å². The van der Waals surface area contributed by atoms with Gasteiger partial charge in [-0.25, -0.2) is 0 Å². The number of nitrogens with one attached hydrogen (secondary N) is 1. The highest BCUT2D eigenvalue weighted by molar-refractivity contribution is 9.09. The van der Waals surface area contributed by atoms with Crippen molar-refractivity contribution < 1.29 is 15.0 Å². The van der Waals surface area contributed by atoms with Gasteiger partial charge in [0.15, 0.2) is 6.29 Å². The Morgan fingerprint density at radius 2 is 2.17 bits per heavy atom. The predicted molar refractivity (Wildman–Crippen MR) is 73.1 cm³/mol. The van der Waals surface area contributed by atoms with E-state index in [9.17, 15) is 15.0 Å². The van der Waals surface area contributed by atoms with E-state index in [1.54, 1.807) is 18.3 Å². The summed E-state index contributed by atoms with van der Waals surface area (Å²) >= 11 is 3.23. The molecule has 0 saturated heterocycles. The van der Waals surface area contributed by atoms with Crippen LogP contribution in [0.2, 0.25) is 0 Å². The number of fused-ring (bicyclic) bond motifs is 1. The molecule has 18 heavy (non-hydrogen) atoms. The topological polar surface area (TPSA) is 73.3 Å². The van der Waals surface area contributed by atoms with E-state index in [1.165, 1.54) is 0 Å². The Bertz CT molecular complexity index is 552. The number of hydrogen-bond donors (Lipinski definition) is 3. The third kappa shape index (κ3) is 2.34. The minimum absolute atomic E-state index is 0.443. The van der Waals surface area contributed by atoms with Gasteiger partial charge in [0.1, 0.15) is 6.10 Å². The van der Waals surface area contributed by atoms with Crippen molar-refractivity contribution in [2.45, 2.75) is 18.6 Å². The molecule has 1 heterocycles. The minimum atomic E-state index is -0.999. The zero-order valence-corrected chi connectivity index (χ0v) is 11.2. The van der Waals surface area contributed by atoms with Gasteiger partial charge in [0.25, 0.3) is 0 Å². The number of rotatable bonds is 5. The maximum Gasteiger partial charge on any atom is 0.152 e. The Morgan fingerprint density at radius 3 is 2.83 bits per heavy atom. The molecule has 0 radical (unpaired) electrons. The fourth-order valence-corrected chi connectivity index (χ4v) is 2.53. The second-order valence-electron chi connectivity index (χ2n) is 4.12. The highest BCUT2D eigenvalue weighted by atomic mass is 79.9. The standard InChI is InChI=1S/C13H14BrNO3/c14-5-4-11(17)13(18)9-2-1-3-10-12(9)8(7-16)6-15-10/h1-3,6-7,11,13,15,17-18H,4-5H2. The molecule has 3 N–H and O–H groups in total. The molecule has 0 aliphatic heterocycles. The fraction of sp³-hybridized carbons (Fsp3) is 0.308. The van der Waals surface area contributed by atoms with E-state index in [2.05, 4.69) is 20.9 Å². The molecule has 5 heteroatoms. The molecule has 1 aromatic carbocycles. The van der Waals surface area contributed by atoms with Crippen LogP contribution in [0.25, 0.3) is 10.9 Å². The van der Waals surface area contributed by atoms with E-state index in [0.29, 0.717) is 28.3 Å². The van der Waals surface area contributed by atoms with Gasteiger partial charge < -0.3 is 15.2 Å². The number of halogens is 1. The lowest BCUT2D eigenvalue weighted by Gasteiger charge is -2.18. The number of benzene rings is 1. The number of carbonyl (C=O) groups excluding carboxylic acids is 1. The van der Waals surface area contributed by atoms with Crippen LogP contribution in [0.15, 0.2) is 24.4 Å². The average Bonchev–Trinajstić information content (AvgIpc) is 2.81. The summed E-state index contributed by atoms with van der Waals surface area (Å²) in [6.45, 7) is 0. The van der Waals surface area contributed by atoms with Crippen molar-refractivity contribution >= 4 is 33.1 Å². The molecule has 0 fully saturated rings. The summed E-state index contributed by atoms with van der Waals surface area (Å²) in [6, 6.07) is 5.34. The molecular weight excluding hydrogens is 298 g/mol. The molecule has 2 aromatic rings. The number of aldehydes is 1. The van der Waals surface area contributed by atoms with Gasteiger partial charge in [-0.15, -0.1) is 0 Å². The van der Waals surface area contributed by atoms with Crippen molar-refractivity contribution in [2.75, 3.05) is 5.33 Å². The van der Waals surface area contributed by atoms with Crippen LogP contribution >= 0.6 is 15.9 Å². The molecule has 0 amide bonds. The highest BCUT2D eigenvalue weighted by Gasteiger charge is 2.21. The number of aromatic amines is 1. The van der Waals surface area contributed by atoms with Gasteiger partial charge in [-0.2, -0.15) is 0 Å². The van der Waals surface area contributed by atoms with E-state index in [0.717, 1.165) is 11.8 Å². The summed E-state index contributed by atoms with van der Waals surface area (Å²) in [5.41, 5.74) is 1.84. The van der Waals surface area contributed by atoms with Gasteiger partial charge in [0.2, 0.25) is 0 Å². The first kappa shape index (κ1) is 13.3. The molecular formula is C13H14BrNO3. The van der Waals surface area contributed by atoms with Crippen molar-refractivity contribution in [1.29, 1.82) is 0 Å². The molecule has 0 bridgehead atoms. The number of aliphatic hydroxyl groups excluding tert-OH is 2. The minimum Gasteiger partial charge on any atom is -0.390 e.